The van der Waals surface area contributed by atoms with Crippen molar-refractivity contribution in [3.8, 4) is 17.2 Å². The van der Waals surface area contributed by atoms with Gasteiger partial charge in [-0.05, 0) is 35.4 Å². The van der Waals surface area contributed by atoms with E-state index in [0.29, 0.717) is 30.3 Å². The minimum absolute atomic E-state index is 0.199. The largest absolute Gasteiger partial charge is 0.494 e. The normalized spacial score (nSPS) is 14.6. The molecule has 0 radical (unpaired) electrons. The van der Waals surface area contributed by atoms with Gasteiger partial charge >= 0.3 is 0 Å². The summed E-state index contributed by atoms with van der Waals surface area (Å²) in [5.41, 5.74) is 1.48. The van der Waals surface area contributed by atoms with Gasteiger partial charge in [-0.25, -0.2) is 4.39 Å². The summed E-state index contributed by atoms with van der Waals surface area (Å²) in [5, 5.41) is -0.471. The molecule has 21 heavy (non-hydrogen) atoms. The molecule has 2 aromatic carbocycles. The molecule has 0 amide bonds. The number of halogens is 2. The summed E-state index contributed by atoms with van der Waals surface area (Å²) in [6.45, 7) is 1.06. The predicted octanol–water partition coefficient (Wildman–Crippen LogP) is 3.93. The fraction of sp³-hybridized carbons (Fsp3) is 0.250. The van der Waals surface area contributed by atoms with Crippen molar-refractivity contribution in [2.24, 2.45) is 0 Å². The second-order valence-electron chi connectivity index (χ2n) is 4.66. The zero-order chi connectivity index (χ0) is 14.8. The smallest absolute Gasteiger partial charge is 0.165 e. The predicted molar refractivity (Wildman–Crippen MR) is 78.1 cm³/mol. The highest BCUT2D eigenvalue weighted by Crippen LogP contribution is 2.37. The second-order valence-corrected chi connectivity index (χ2v) is 5.10. The molecule has 1 aliphatic heterocycles. The Morgan fingerprint density at radius 1 is 1.05 bits per heavy atom. The zero-order valence-corrected chi connectivity index (χ0v) is 12.2. The molecule has 0 saturated heterocycles. The highest BCUT2D eigenvalue weighted by molar-refractivity contribution is 6.22. The maximum Gasteiger partial charge on any atom is 0.165 e. The highest BCUT2D eigenvalue weighted by atomic mass is 35.5. The second kappa shape index (κ2) is 5.82. The molecule has 1 heterocycles. The molecule has 0 aliphatic carbocycles. The van der Waals surface area contributed by atoms with Gasteiger partial charge in [-0.3, -0.25) is 0 Å². The summed E-state index contributed by atoms with van der Waals surface area (Å²) >= 11 is 6.44. The van der Waals surface area contributed by atoms with Crippen LogP contribution in [-0.2, 0) is 0 Å². The maximum atomic E-state index is 13.8. The van der Waals surface area contributed by atoms with E-state index in [0.717, 1.165) is 5.56 Å². The van der Waals surface area contributed by atoms with Crippen LogP contribution in [0.3, 0.4) is 0 Å². The highest BCUT2D eigenvalue weighted by Gasteiger charge is 2.18. The lowest BCUT2D eigenvalue weighted by Gasteiger charge is -2.20. The van der Waals surface area contributed by atoms with E-state index in [1.807, 2.05) is 18.2 Å². The average Bonchev–Trinajstić information content (AvgIpc) is 2.53. The van der Waals surface area contributed by atoms with Crippen LogP contribution in [0.4, 0.5) is 4.39 Å². The summed E-state index contributed by atoms with van der Waals surface area (Å²) < 4.78 is 29.7. The zero-order valence-electron chi connectivity index (χ0n) is 11.4. The Kier molecular flexibility index (Phi) is 3.88. The van der Waals surface area contributed by atoms with E-state index in [-0.39, 0.29) is 5.75 Å². The Morgan fingerprint density at radius 3 is 2.43 bits per heavy atom. The van der Waals surface area contributed by atoms with Crippen molar-refractivity contribution in [1.29, 1.82) is 0 Å². The fourth-order valence-electron chi connectivity index (χ4n) is 2.25. The molecular formula is C16H14ClFO3. The quantitative estimate of drug-likeness (QED) is 0.804. The SMILES string of the molecule is COc1ccc(C(Cl)c2ccc3c(c2)OCCO3)cc1F. The summed E-state index contributed by atoms with van der Waals surface area (Å²) in [7, 11) is 1.43. The van der Waals surface area contributed by atoms with Crippen LogP contribution < -0.4 is 14.2 Å². The van der Waals surface area contributed by atoms with Crippen LogP contribution in [0.2, 0.25) is 0 Å². The molecule has 110 valence electrons. The van der Waals surface area contributed by atoms with E-state index >= 15 is 0 Å². The third-order valence-electron chi connectivity index (χ3n) is 3.33. The average molecular weight is 309 g/mol. The van der Waals surface area contributed by atoms with Gasteiger partial charge in [-0.15, -0.1) is 11.6 Å². The van der Waals surface area contributed by atoms with Crippen molar-refractivity contribution >= 4 is 11.6 Å². The molecule has 0 fully saturated rings. The lowest BCUT2D eigenvalue weighted by atomic mass is 10.0. The number of rotatable bonds is 3. The summed E-state index contributed by atoms with van der Waals surface area (Å²) in [5.74, 6) is 1.14. The Morgan fingerprint density at radius 2 is 1.71 bits per heavy atom. The van der Waals surface area contributed by atoms with E-state index in [1.54, 1.807) is 12.1 Å². The molecule has 0 bridgehead atoms. The van der Waals surface area contributed by atoms with Crippen LogP contribution >= 0.6 is 11.6 Å². The molecule has 0 saturated carbocycles. The lowest BCUT2D eigenvalue weighted by Crippen LogP contribution is -2.15. The van der Waals surface area contributed by atoms with Gasteiger partial charge in [-0.1, -0.05) is 12.1 Å². The molecular weight excluding hydrogens is 295 g/mol. The Labute approximate surface area is 127 Å². The summed E-state index contributed by atoms with van der Waals surface area (Å²) in [6.07, 6.45) is 0. The Bertz CT molecular complexity index is 660. The number of methoxy groups -OCH3 is 1. The van der Waals surface area contributed by atoms with Gasteiger partial charge in [-0.2, -0.15) is 0 Å². The Hall–Kier alpha value is -1.94. The van der Waals surface area contributed by atoms with Crippen LogP contribution in [0.1, 0.15) is 16.5 Å². The first-order valence-electron chi connectivity index (χ1n) is 6.56. The molecule has 1 unspecified atom stereocenters. The van der Waals surface area contributed by atoms with Crippen LogP contribution in [0.5, 0.6) is 17.2 Å². The molecule has 1 aliphatic rings. The van der Waals surface area contributed by atoms with Crippen molar-refractivity contribution in [3.05, 3.63) is 53.3 Å². The molecule has 0 aromatic heterocycles. The van der Waals surface area contributed by atoms with Crippen molar-refractivity contribution in [1.82, 2.24) is 0 Å². The Balaban J connectivity index is 1.91. The van der Waals surface area contributed by atoms with E-state index in [9.17, 15) is 4.39 Å². The third-order valence-corrected chi connectivity index (χ3v) is 3.83. The van der Waals surface area contributed by atoms with Gasteiger partial charge in [0, 0.05) is 0 Å². The maximum absolute atomic E-state index is 13.8. The van der Waals surface area contributed by atoms with Crippen LogP contribution in [0.15, 0.2) is 36.4 Å². The molecule has 0 spiro atoms. The molecule has 0 N–H and O–H groups in total. The third kappa shape index (κ3) is 2.76. The van der Waals surface area contributed by atoms with Crippen LogP contribution in [0.25, 0.3) is 0 Å². The topological polar surface area (TPSA) is 27.7 Å². The van der Waals surface area contributed by atoms with E-state index < -0.39 is 11.2 Å². The minimum Gasteiger partial charge on any atom is -0.494 e. The van der Waals surface area contributed by atoms with Gasteiger partial charge in [0.25, 0.3) is 0 Å². The molecule has 3 rings (SSSR count). The van der Waals surface area contributed by atoms with Crippen molar-refractivity contribution in [2.75, 3.05) is 20.3 Å². The molecule has 3 nitrogen and oxygen atoms in total. The van der Waals surface area contributed by atoms with Crippen molar-refractivity contribution in [3.63, 3.8) is 0 Å². The number of hydrogen-bond donors (Lipinski definition) is 0. The number of ether oxygens (including phenoxy) is 3. The van der Waals surface area contributed by atoms with Gasteiger partial charge < -0.3 is 14.2 Å². The molecule has 2 aromatic rings. The van der Waals surface area contributed by atoms with E-state index in [2.05, 4.69) is 0 Å². The first-order valence-corrected chi connectivity index (χ1v) is 7.00. The molecule has 1 atom stereocenters. The standard InChI is InChI=1S/C16H14ClFO3/c1-19-13-4-2-10(8-12(13)18)16(17)11-3-5-14-15(9-11)21-7-6-20-14/h2-5,8-9,16H,6-7H2,1H3. The van der Waals surface area contributed by atoms with Gasteiger partial charge in [0.2, 0.25) is 0 Å². The van der Waals surface area contributed by atoms with Crippen LogP contribution in [0, 0.1) is 5.82 Å². The first kappa shape index (κ1) is 14.0. The number of alkyl halides is 1. The van der Waals surface area contributed by atoms with Gasteiger partial charge in [0.05, 0.1) is 12.5 Å². The summed E-state index contributed by atoms with van der Waals surface area (Å²) in [6, 6.07) is 10.2. The lowest BCUT2D eigenvalue weighted by molar-refractivity contribution is 0.171. The monoisotopic (exact) mass is 308 g/mol. The van der Waals surface area contributed by atoms with Gasteiger partial charge in [0.1, 0.15) is 13.2 Å². The van der Waals surface area contributed by atoms with Crippen molar-refractivity contribution < 1.29 is 18.6 Å². The number of benzene rings is 2. The summed E-state index contributed by atoms with van der Waals surface area (Å²) in [4.78, 5) is 0. The van der Waals surface area contributed by atoms with Crippen molar-refractivity contribution in [2.45, 2.75) is 5.38 Å². The minimum atomic E-state index is -0.471. The van der Waals surface area contributed by atoms with Gasteiger partial charge in [0.15, 0.2) is 23.1 Å². The fourth-order valence-corrected chi connectivity index (χ4v) is 2.52. The number of fused-ring (bicyclic) bond motifs is 1. The number of hydrogen-bond acceptors (Lipinski definition) is 3. The first-order chi connectivity index (χ1) is 10.2. The van der Waals surface area contributed by atoms with E-state index in [1.165, 1.54) is 13.2 Å². The van der Waals surface area contributed by atoms with Crippen LogP contribution in [-0.4, -0.2) is 20.3 Å². The van der Waals surface area contributed by atoms with E-state index in [4.69, 9.17) is 25.8 Å². The molecule has 5 heteroatoms.